The Balaban J connectivity index is 2.13. The Morgan fingerprint density at radius 2 is 1.92 bits per heavy atom. The van der Waals surface area contributed by atoms with Gasteiger partial charge in [-0.1, -0.05) is 18.2 Å². The van der Waals surface area contributed by atoms with E-state index in [9.17, 15) is 14.4 Å². The topological polar surface area (TPSA) is 106 Å². The number of hydrogen-bond donors (Lipinski definition) is 3. The van der Waals surface area contributed by atoms with Gasteiger partial charge in [0.05, 0.1) is 25.0 Å². The minimum absolute atomic E-state index is 0.0920. The molecule has 2 heterocycles. The molecule has 0 saturated carbocycles. The van der Waals surface area contributed by atoms with E-state index in [0.29, 0.717) is 5.69 Å². The maximum Gasteiger partial charge on any atom is 0.340 e. The second-order valence-electron chi connectivity index (χ2n) is 5.58. The van der Waals surface area contributed by atoms with Crippen LogP contribution in [0.1, 0.15) is 25.5 Å². The van der Waals surface area contributed by atoms with Crippen LogP contribution in [0.5, 0.6) is 0 Å². The fraction of sp³-hybridized carbons (Fsp3) is 0.353. The third kappa shape index (κ3) is 2.69. The predicted octanol–water partition coefficient (Wildman–Crippen LogP) is 1.21. The van der Waals surface area contributed by atoms with Crippen LogP contribution in [0, 0.1) is 0 Å². The van der Waals surface area contributed by atoms with Gasteiger partial charge in [0.2, 0.25) is 5.54 Å². The number of urea groups is 1. The van der Waals surface area contributed by atoms with E-state index in [1.165, 1.54) is 0 Å². The highest BCUT2D eigenvalue weighted by molar-refractivity contribution is 6.00. The Kier molecular flexibility index (Phi) is 4.35. The summed E-state index contributed by atoms with van der Waals surface area (Å²) in [6.07, 6.45) is 1.12. The van der Waals surface area contributed by atoms with E-state index in [-0.39, 0.29) is 18.9 Å². The van der Waals surface area contributed by atoms with Crippen molar-refractivity contribution in [3.05, 3.63) is 41.6 Å². The molecule has 2 aliphatic heterocycles. The number of nitrogens with one attached hydrogen (secondary N) is 3. The minimum atomic E-state index is -1.46. The van der Waals surface area contributed by atoms with Gasteiger partial charge < -0.3 is 25.4 Å². The summed E-state index contributed by atoms with van der Waals surface area (Å²) >= 11 is 0. The molecule has 2 unspecified atom stereocenters. The first-order chi connectivity index (χ1) is 12.0. The zero-order chi connectivity index (χ0) is 18.0. The number of esters is 2. The van der Waals surface area contributed by atoms with E-state index in [4.69, 9.17) is 9.47 Å². The number of amides is 2. The summed E-state index contributed by atoms with van der Waals surface area (Å²) in [5, 5.41) is 8.41. The van der Waals surface area contributed by atoms with Crippen molar-refractivity contribution in [1.29, 1.82) is 0 Å². The van der Waals surface area contributed by atoms with E-state index in [1.54, 1.807) is 19.9 Å². The molecule has 2 amide bonds. The van der Waals surface area contributed by atoms with Gasteiger partial charge in [-0.05, 0) is 19.9 Å². The van der Waals surface area contributed by atoms with Crippen molar-refractivity contribution in [2.24, 2.45) is 0 Å². The van der Waals surface area contributed by atoms with Crippen molar-refractivity contribution in [3.63, 3.8) is 0 Å². The summed E-state index contributed by atoms with van der Waals surface area (Å²) in [4.78, 5) is 36.9. The van der Waals surface area contributed by atoms with E-state index >= 15 is 0 Å². The Hall–Kier alpha value is -3.03. The van der Waals surface area contributed by atoms with Gasteiger partial charge >= 0.3 is 18.0 Å². The van der Waals surface area contributed by atoms with Crippen LogP contribution in [0.2, 0.25) is 0 Å². The van der Waals surface area contributed by atoms with Gasteiger partial charge in [0.1, 0.15) is 0 Å². The average molecular weight is 345 g/mol. The molecule has 1 aromatic carbocycles. The quantitative estimate of drug-likeness (QED) is 0.560. The molecule has 8 heteroatoms. The van der Waals surface area contributed by atoms with E-state index in [0.717, 1.165) is 11.6 Å². The number of hydrogen-bond acceptors (Lipinski definition) is 6. The number of carbonyl (C=O) groups excluding carboxylic acids is 3. The molecule has 0 aliphatic carbocycles. The lowest BCUT2D eigenvalue weighted by atomic mass is 9.84. The van der Waals surface area contributed by atoms with Crippen LogP contribution in [0.3, 0.4) is 0 Å². The van der Waals surface area contributed by atoms with Crippen LogP contribution >= 0.6 is 0 Å². The number of fused-ring (bicyclic) bond motifs is 3. The molecule has 132 valence electrons. The van der Waals surface area contributed by atoms with Crippen molar-refractivity contribution in [3.8, 4) is 0 Å². The fourth-order valence-electron chi connectivity index (χ4n) is 3.15. The summed E-state index contributed by atoms with van der Waals surface area (Å²) in [6, 6.07) is 6.00. The summed E-state index contributed by atoms with van der Waals surface area (Å²) in [7, 11) is 0. The van der Waals surface area contributed by atoms with Gasteiger partial charge in [0.25, 0.3) is 0 Å². The van der Waals surface area contributed by atoms with Crippen molar-refractivity contribution in [1.82, 2.24) is 10.6 Å². The zero-order valence-corrected chi connectivity index (χ0v) is 13.9. The van der Waals surface area contributed by atoms with Gasteiger partial charge in [-0.25, -0.2) is 14.4 Å². The number of ether oxygens (including phenoxy) is 2. The molecule has 8 nitrogen and oxygen atoms in total. The molecular weight excluding hydrogens is 326 g/mol. The molecule has 1 fully saturated rings. The van der Waals surface area contributed by atoms with Crippen LogP contribution < -0.4 is 16.0 Å². The van der Waals surface area contributed by atoms with E-state index in [2.05, 4.69) is 16.0 Å². The van der Waals surface area contributed by atoms with Crippen LogP contribution in [0.15, 0.2) is 36.0 Å². The lowest BCUT2D eigenvalue weighted by Gasteiger charge is -2.39. The summed E-state index contributed by atoms with van der Waals surface area (Å²) in [5.41, 5.74) is 0.0502. The number of benzene rings is 1. The van der Waals surface area contributed by atoms with Crippen LogP contribution in [0.25, 0.3) is 0 Å². The average Bonchev–Trinajstić information content (AvgIpc) is 2.91. The van der Waals surface area contributed by atoms with E-state index in [1.807, 2.05) is 18.2 Å². The molecule has 0 aromatic heterocycles. The monoisotopic (exact) mass is 345 g/mol. The first kappa shape index (κ1) is 16.8. The number of carbonyl (C=O) groups is 3. The molecular formula is C17H19N3O5. The third-order valence-electron chi connectivity index (χ3n) is 4.13. The maximum atomic E-state index is 12.9. The normalized spacial score (nSPS) is 25.1. The molecule has 0 bridgehead atoms. The standard InChI is InChI=1S/C17H19N3O5/c1-3-24-13(21)9-12-17(15(22)25-4-2)14(19-16(23)18-12)10-7-5-6-8-11(10)20-17/h5-9,14,20H,3-4H2,1-2H3,(H2,18,19,23)/b12-9-. The zero-order valence-electron chi connectivity index (χ0n) is 13.9. The lowest BCUT2D eigenvalue weighted by Crippen LogP contribution is -2.64. The number of anilines is 1. The van der Waals surface area contributed by atoms with Gasteiger partial charge in [-0.2, -0.15) is 0 Å². The highest BCUT2D eigenvalue weighted by Gasteiger charge is 2.59. The molecule has 3 rings (SSSR count). The van der Waals surface area contributed by atoms with Crippen LogP contribution in [-0.4, -0.2) is 36.7 Å². The number of rotatable bonds is 4. The first-order valence-corrected chi connectivity index (χ1v) is 8.03. The summed E-state index contributed by atoms with van der Waals surface area (Å²) < 4.78 is 10.2. The number of para-hydroxylation sites is 1. The summed E-state index contributed by atoms with van der Waals surface area (Å²) in [6.45, 7) is 3.70. The molecule has 0 radical (unpaired) electrons. The smallest absolute Gasteiger partial charge is 0.340 e. The largest absolute Gasteiger partial charge is 0.464 e. The lowest BCUT2D eigenvalue weighted by molar-refractivity contribution is -0.148. The first-order valence-electron chi connectivity index (χ1n) is 8.03. The SMILES string of the molecule is CCOC(=O)/C=C1\NC(=O)NC2c3ccccc3NC12C(=O)OCC. The highest BCUT2D eigenvalue weighted by Crippen LogP contribution is 2.46. The van der Waals surface area contributed by atoms with E-state index < -0.39 is 29.6 Å². The second kappa shape index (κ2) is 6.46. The van der Waals surface area contributed by atoms with Crippen molar-refractivity contribution < 1.29 is 23.9 Å². The van der Waals surface area contributed by atoms with Crippen LogP contribution in [-0.2, 0) is 19.1 Å². The Morgan fingerprint density at radius 3 is 2.64 bits per heavy atom. The van der Waals surface area contributed by atoms with Crippen molar-refractivity contribution >= 4 is 23.7 Å². The van der Waals surface area contributed by atoms with Gasteiger partial charge in [0, 0.05) is 17.3 Å². The molecule has 0 spiro atoms. The second-order valence-corrected chi connectivity index (χ2v) is 5.58. The van der Waals surface area contributed by atoms with Crippen molar-refractivity contribution in [2.75, 3.05) is 18.5 Å². The van der Waals surface area contributed by atoms with Crippen molar-refractivity contribution in [2.45, 2.75) is 25.4 Å². The molecule has 25 heavy (non-hydrogen) atoms. The minimum Gasteiger partial charge on any atom is -0.464 e. The molecule has 1 aromatic rings. The fourth-order valence-corrected chi connectivity index (χ4v) is 3.15. The Morgan fingerprint density at radius 1 is 1.20 bits per heavy atom. The maximum absolute atomic E-state index is 12.9. The van der Waals surface area contributed by atoms with Gasteiger partial charge in [-0.15, -0.1) is 0 Å². The Bertz CT molecular complexity index is 760. The molecule has 2 atom stereocenters. The molecule has 1 saturated heterocycles. The van der Waals surface area contributed by atoms with Gasteiger partial charge in [0.15, 0.2) is 0 Å². The Labute approximate surface area is 144 Å². The predicted molar refractivity (Wildman–Crippen MR) is 88.6 cm³/mol. The third-order valence-corrected chi connectivity index (χ3v) is 4.13. The molecule has 3 N–H and O–H groups in total. The highest BCUT2D eigenvalue weighted by atomic mass is 16.5. The van der Waals surface area contributed by atoms with Crippen LogP contribution in [0.4, 0.5) is 10.5 Å². The molecule has 2 aliphatic rings. The van der Waals surface area contributed by atoms with Gasteiger partial charge in [-0.3, -0.25) is 0 Å². The summed E-state index contributed by atoms with van der Waals surface area (Å²) in [5.74, 6) is -1.25.